The number of ketones is 1. The summed E-state index contributed by atoms with van der Waals surface area (Å²) in [7, 11) is 1.24. The van der Waals surface area contributed by atoms with Crippen LogP contribution < -0.4 is 5.32 Å². The smallest absolute Gasteiger partial charge is 0.356 e. The van der Waals surface area contributed by atoms with Gasteiger partial charge in [-0.3, -0.25) is 4.79 Å². The van der Waals surface area contributed by atoms with E-state index in [0.29, 0.717) is 22.3 Å². The normalized spacial score (nSPS) is 10.5. The van der Waals surface area contributed by atoms with Gasteiger partial charge in [-0.15, -0.1) is 0 Å². The summed E-state index contributed by atoms with van der Waals surface area (Å²) in [5.74, 6) is -1.21. The van der Waals surface area contributed by atoms with Crippen LogP contribution >= 0.6 is 0 Å². The molecule has 0 radical (unpaired) electrons. The number of nitrogens with zero attached hydrogens (tertiary/aromatic N) is 1. The van der Waals surface area contributed by atoms with Crippen LogP contribution in [0.5, 0.6) is 0 Å². The molecule has 0 spiro atoms. The van der Waals surface area contributed by atoms with E-state index in [1.807, 2.05) is 0 Å². The molecular weight excluding hydrogens is 323 g/mol. The molecule has 0 aliphatic carbocycles. The molecule has 0 aliphatic heterocycles. The molecule has 1 N–H and O–H groups in total. The standard InChI is InChI=1S/C19H15FN2O3/c1-11(23)12-6-8-13(9-7-12)21-16-10-17(19(24)25-2)22-18-14(16)4-3-5-15(18)20/h3-10H,1-2H3,(H,21,22). The topological polar surface area (TPSA) is 68.3 Å². The predicted octanol–water partition coefficient (Wildman–Crippen LogP) is 4.11. The van der Waals surface area contributed by atoms with Gasteiger partial charge >= 0.3 is 5.97 Å². The van der Waals surface area contributed by atoms with E-state index < -0.39 is 11.8 Å². The number of aromatic nitrogens is 1. The monoisotopic (exact) mass is 338 g/mol. The molecule has 126 valence electrons. The van der Waals surface area contributed by atoms with Crippen molar-refractivity contribution in [3.8, 4) is 0 Å². The molecule has 0 unspecified atom stereocenters. The van der Waals surface area contributed by atoms with Gasteiger partial charge in [-0.2, -0.15) is 0 Å². The van der Waals surface area contributed by atoms with Crippen LogP contribution in [0.15, 0.2) is 48.5 Å². The number of nitrogens with one attached hydrogen (secondary N) is 1. The van der Waals surface area contributed by atoms with E-state index >= 15 is 0 Å². The molecule has 0 saturated heterocycles. The fraction of sp³-hybridized carbons (Fsp3) is 0.105. The van der Waals surface area contributed by atoms with Gasteiger partial charge in [0.1, 0.15) is 11.3 Å². The average Bonchev–Trinajstić information content (AvgIpc) is 2.62. The first kappa shape index (κ1) is 16.6. The first-order valence-corrected chi connectivity index (χ1v) is 7.55. The maximum absolute atomic E-state index is 14.1. The number of carbonyl (C=O) groups is 2. The minimum atomic E-state index is -0.653. The first-order valence-electron chi connectivity index (χ1n) is 7.55. The number of rotatable bonds is 4. The van der Waals surface area contributed by atoms with Gasteiger partial charge in [-0.25, -0.2) is 14.2 Å². The van der Waals surface area contributed by atoms with Crippen molar-refractivity contribution < 1.29 is 18.7 Å². The van der Waals surface area contributed by atoms with Crippen LogP contribution in [0.2, 0.25) is 0 Å². The lowest BCUT2D eigenvalue weighted by atomic mass is 10.1. The van der Waals surface area contributed by atoms with Crippen molar-refractivity contribution in [1.29, 1.82) is 0 Å². The third-order valence-electron chi connectivity index (χ3n) is 3.76. The maximum Gasteiger partial charge on any atom is 0.356 e. The highest BCUT2D eigenvalue weighted by Crippen LogP contribution is 2.28. The fourth-order valence-electron chi connectivity index (χ4n) is 2.47. The molecule has 2 aromatic carbocycles. The largest absolute Gasteiger partial charge is 0.464 e. The molecule has 0 atom stereocenters. The number of hydrogen-bond acceptors (Lipinski definition) is 5. The van der Waals surface area contributed by atoms with Crippen molar-refractivity contribution in [2.75, 3.05) is 12.4 Å². The zero-order chi connectivity index (χ0) is 18.0. The summed E-state index contributed by atoms with van der Waals surface area (Å²) in [4.78, 5) is 27.2. The van der Waals surface area contributed by atoms with Gasteiger partial charge in [0, 0.05) is 16.6 Å². The number of fused-ring (bicyclic) bond motifs is 1. The molecule has 3 rings (SSSR count). The Labute approximate surface area is 143 Å². The molecule has 1 heterocycles. The molecule has 0 saturated carbocycles. The Morgan fingerprint density at radius 1 is 1.12 bits per heavy atom. The minimum Gasteiger partial charge on any atom is -0.464 e. The molecule has 0 aliphatic rings. The van der Waals surface area contributed by atoms with E-state index in [1.54, 1.807) is 36.4 Å². The van der Waals surface area contributed by atoms with Crippen molar-refractivity contribution in [3.63, 3.8) is 0 Å². The molecule has 0 bridgehead atoms. The lowest BCUT2D eigenvalue weighted by Crippen LogP contribution is -2.06. The Hall–Kier alpha value is -3.28. The van der Waals surface area contributed by atoms with E-state index in [4.69, 9.17) is 0 Å². The van der Waals surface area contributed by atoms with E-state index in [1.165, 1.54) is 26.2 Å². The van der Waals surface area contributed by atoms with Gasteiger partial charge in [-0.05, 0) is 43.3 Å². The molecule has 1 aromatic heterocycles. The number of benzene rings is 2. The van der Waals surface area contributed by atoms with Crippen LogP contribution in [0, 0.1) is 5.82 Å². The van der Waals surface area contributed by atoms with Crippen LogP contribution in [-0.2, 0) is 4.74 Å². The maximum atomic E-state index is 14.1. The Bertz CT molecular complexity index is 968. The number of halogens is 1. The summed E-state index contributed by atoms with van der Waals surface area (Å²) in [6.07, 6.45) is 0. The number of Topliss-reactive ketones (excluding diaryl/α,β-unsaturated/α-hetero) is 1. The second-order valence-electron chi connectivity index (χ2n) is 5.44. The SMILES string of the molecule is COC(=O)c1cc(Nc2ccc(C(C)=O)cc2)c2cccc(F)c2n1. The first-order chi connectivity index (χ1) is 12.0. The number of anilines is 2. The molecule has 5 nitrogen and oxygen atoms in total. The molecule has 0 fully saturated rings. The number of hydrogen-bond donors (Lipinski definition) is 1. The quantitative estimate of drug-likeness (QED) is 0.573. The van der Waals surface area contributed by atoms with E-state index in [2.05, 4.69) is 15.0 Å². The third-order valence-corrected chi connectivity index (χ3v) is 3.76. The summed E-state index contributed by atoms with van der Waals surface area (Å²) in [5, 5.41) is 3.66. The Kier molecular flexibility index (Phi) is 4.43. The Morgan fingerprint density at radius 2 is 1.84 bits per heavy atom. The summed E-state index contributed by atoms with van der Waals surface area (Å²) in [6, 6.07) is 12.9. The summed E-state index contributed by atoms with van der Waals surface area (Å²) in [5.41, 5.74) is 1.88. The van der Waals surface area contributed by atoms with Crippen LogP contribution in [-0.4, -0.2) is 23.8 Å². The highest BCUT2D eigenvalue weighted by atomic mass is 19.1. The zero-order valence-electron chi connectivity index (χ0n) is 13.7. The fourth-order valence-corrected chi connectivity index (χ4v) is 2.47. The predicted molar refractivity (Wildman–Crippen MR) is 92.8 cm³/mol. The van der Waals surface area contributed by atoms with E-state index in [0.717, 1.165) is 0 Å². The second kappa shape index (κ2) is 6.68. The molecule has 3 aromatic rings. The van der Waals surface area contributed by atoms with Crippen molar-refractivity contribution in [2.45, 2.75) is 6.92 Å². The number of para-hydroxylation sites is 1. The van der Waals surface area contributed by atoms with Crippen LogP contribution in [0.1, 0.15) is 27.8 Å². The second-order valence-corrected chi connectivity index (χ2v) is 5.44. The molecular formula is C19H15FN2O3. The van der Waals surface area contributed by atoms with Gasteiger partial charge in [0.25, 0.3) is 0 Å². The van der Waals surface area contributed by atoms with Crippen LogP contribution in [0.25, 0.3) is 10.9 Å². The molecule has 6 heteroatoms. The number of ether oxygens (including phenoxy) is 1. The van der Waals surface area contributed by atoms with Crippen molar-refractivity contribution in [1.82, 2.24) is 4.98 Å². The summed E-state index contributed by atoms with van der Waals surface area (Å²) >= 11 is 0. The van der Waals surface area contributed by atoms with Crippen LogP contribution in [0.4, 0.5) is 15.8 Å². The van der Waals surface area contributed by atoms with Gasteiger partial charge in [-0.1, -0.05) is 12.1 Å². The van der Waals surface area contributed by atoms with Gasteiger partial charge in [0.05, 0.1) is 12.8 Å². The minimum absolute atomic E-state index is 0.00274. The third kappa shape index (κ3) is 3.33. The number of esters is 1. The molecule has 25 heavy (non-hydrogen) atoms. The zero-order valence-corrected chi connectivity index (χ0v) is 13.7. The van der Waals surface area contributed by atoms with Gasteiger partial charge in [0.2, 0.25) is 0 Å². The molecule has 0 amide bonds. The summed E-state index contributed by atoms with van der Waals surface area (Å²) < 4.78 is 18.8. The highest BCUT2D eigenvalue weighted by Gasteiger charge is 2.15. The van der Waals surface area contributed by atoms with Crippen LogP contribution in [0.3, 0.4) is 0 Å². The highest BCUT2D eigenvalue weighted by molar-refractivity contribution is 5.99. The average molecular weight is 338 g/mol. The van der Waals surface area contributed by atoms with Crippen molar-refractivity contribution in [2.24, 2.45) is 0 Å². The Morgan fingerprint density at radius 3 is 2.48 bits per heavy atom. The number of methoxy groups -OCH3 is 1. The lowest BCUT2D eigenvalue weighted by Gasteiger charge is -2.12. The summed E-state index contributed by atoms with van der Waals surface area (Å²) in [6.45, 7) is 1.49. The van der Waals surface area contributed by atoms with E-state index in [-0.39, 0.29) is 17.0 Å². The number of carbonyl (C=O) groups excluding carboxylic acids is 2. The van der Waals surface area contributed by atoms with Gasteiger partial charge in [0.15, 0.2) is 11.5 Å². The Balaban J connectivity index is 2.09. The van der Waals surface area contributed by atoms with Gasteiger partial charge < -0.3 is 10.1 Å². The van der Waals surface area contributed by atoms with E-state index in [9.17, 15) is 14.0 Å². The number of pyridine rings is 1. The van der Waals surface area contributed by atoms with Crippen molar-refractivity contribution in [3.05, 3.63) is 65.6 Å². The lowest BCUT2D eigenvalue weighted by molar-refractivity contribution is 0.0594. The van der Waals surface area contributed by atoms with Crippen molar-refractivity contribution >= 4 is 34.0 Å².